The van der Waals surface area contributed by atoms with E-state index in [1.165, 1.54) is 12.1 Å². The van der Waals surface area contributed by atoms with Gasteiger partial charge in [0, 0.05) is 18.8 Å². The van der Waals surface area contributed by atoms with Crippen LogP contribution in [0.25, 0.3) is 0 Å². The van der Waals surface area contributed by atoms with Gasteiger partial charge in [-0.1, -0.05) is 0 Å². The second kappa shape index (κ2) is 6.35. The Morgan fingerprint density at radius 3 is 2.65 bits per heavy atom. The van der Waals surface area contributed by atoms with Gasteiger partial charge < -0.3 is 10.6 Å². The van der Waals surface area contributed by atoms with E-state index in [-0.39, 0.29) is 16.5 Å². The number of nitrogen functional groups attached to an aromatic ring is 1. The van der Waals surface area contributed by atoms with E-state index in [0.29, 0.717) is 13.1 Å². The maximum absolute atomic E-state index is 13.2. The fourth-order valence-electron chi connectivity index (χ4n) is 2.34. The summed E-state index contributed by atoms with van der Waals surface area (Å²) in [6.45, 7) is 3.02. The molecule has 0 bridgehead atoms. The minimum absolute atomic E-state index is 0.147. The molecule has 110 valence electrons. The van der Waals surface area contributed by atoms with Gasteiger partial charge in [-0.05, 0) is 44.4 Å². The predicted molar refractivity (Wildman–Crippen MR) is 77.1 cm³/mol. The van der Waals surface area contributed by atoms with Crippen LogP contribution in [0.1, 0.15) is 26.2 Å². The van der Waals surface area contributed by atoms with Crippen molar-refractivity contribution in [3.8, 4) is 0 Å². The molecule has 1 aromatic rings. The fourth-order valence-corrected chi connectivity index (χ4v) is 3.58. The first-order chi connectivity index (χ1) is 9.50. The number of benzene rings is 1. The van der Waals surface area contributed by atoms with Crippen molar-refractivity contribution in [3.05, 3.63) is 24.0 Å². The number of hydrogen-bond acceptors (Lipinski definition) is 3. The van der Waals surface area contributed by atoms with Crippen molar-refractivity contribution in [1.29, 1.82) is 0 Å². The molecule has 2 atom stereocenters. The topological polar surface area (TPSA) is 63.4 Å². The number of nitrogens with two attached hydrogens (primary N) is 1. The Bertz CT molecular complexity index is 530. The highest BCUT2D eigenvalue weighted by atomic mass is 32.2. The number of piperidine rings is 1. The zero-order valence-corrected chi connectivity index (χ0v) is 12.3. The first-order valence-corrected chi connectivity index (χ1v) is 7.96. The summed E-state index contributed by atoms with van der Waals surface area (Å²) in [5.41, 5.74) is 5.97. The van der Waals surface area contributed by atoms with E-state index in [4.69, 9.17) is 5.73 Å². The molecular formula is C14H19FN2O2S. The number of anilines is 1. The summed E-state index contributed by atoms with van der Waals surface area (Å²) in [4.78, 5) is 14.2. The molecule has 1 aromatic carbocycles. The summed E-state index contributed by atoms with van der Waals surface area (Å²) in [5.74, 6) is -0.646. The number of hydrogen-bond donors (Lipinski definition) is 1. The average molecular weight is 298 g/mol. The highest BCUT2D eigenvalue weighted by Crippen LogP contribution is 2.22. The summed E-state index contributed by atoms with van der Waals surface area (Å²) < 4.78 is 25.7. The van der Waals surface area contributed by atoms with Crippen molar-refractivity contribution in [2.24, 2.45) is 0 Å². The van der Waals surface area contributed by atoms with Crippen LogP contribution < -0.4 is 5.73 Å². The van der Waals surface area contributed by atoms with Crippen LogP contribution in [0.4, 0.5) is 10.1 Å². The third-order valence-electron chi connectivity index (χ3n) is 3.53. The van der Waals surface area contributed by atoms with Crippen LogP contribution in [0.2, 0.25) is 0 Å². The molecule has 6 heteroatoms. The first-order valence-electron chi connectivity index (χ1n) is 6.75. The number of carbonyl (C=O) groups excluding carboxylic acids is 1. The Morgan fingerprint density at radius 2 is 2.00 bits per heavy atom. The summed E-state index contributed by atoms with van der Waals surface area (Å²) in [6, 6.07) is 3.74. The first kappa shape index (κ1) is 15.0. The van der Waals surface area contributed by atoms with Gasteiger partial charge in [-0.15, -0.1) is 0 Å². The molecule has 2 unspecified atom stereocenters. The molecule has 1 saturated heterocycles. The van der Waals surface area contributed by atoms with Gasteiger partial charge in [0.1, 0.15) is 11.1 Å². The van der Waals surface area contributed by atoms with Gasteiger partial charge in [-0.2, -0.15) is 0 Å². The highest BCUT2D eigenvalue weighted by Gasteiger charge is 2.28. The lowest BCUT2D eigenvalue weighted by Crippen LogP contribution is -2.42. The zero-order chi connectivity index (χ0) is 14.7. The molecule has 1 aliphatic rings. The number of halogens is 1. The van der Waals surface area contributed by atoms with Gasteiger partial charge in [0.2, 0.25) is 5.91 Å². The van der Waals surface area contributed by atoms with Gasteiger partial charge in [0.15, 0.2) is 0 Å². The Morgan fingerprint density at radius 1 is 1.35 bits per heavy atom. The van der Waals surface area contributed by atoms with E-state index in [2.05, 4.69) is 0 Å². The maximum atomic E-state index is 13.2. The average Bonchev–Trinajstić information content (AvgIpc) is 2.48. The number of rotatable bonds is 3. The van der Waals surface area contributed by atoms with Gasteiger partial charge in [-0.3, -0.25) is 9.00 Å². The van der Waals surface area contributed by atoms with Crippen LogP contribution >= 0.6 is 0 Å². The van der Waals surface area contributed by atoms with Crippen LogP contribution in [0, 0.1) is 5.82 Å². The Balaban J connectivity index is 2.15. The quantitative estimate of drug-likeness (QED) is 0.867. The summed E-state index contributed by atoms with van der Waals surface area (Å²) in [5, 5.41) is -0.711. The van der Waals surface area contributed by atoms with Crippen LogP contribution in [0.5, 0.6) is 0 Å². The molecule has 20 heavy (non-hydrogen) atoms. The summed E-state index contributed by atoms with van der Waals surface area (Å²) >= 11 is 0. The molecule has 4 nitrogen and oxygen atoms in total. The molecule has 2 N–H and O–H groups in total. The van der Waals surface area contributed by atoms with Gasteiger partial charge in [0.05, 0.1) is 15.7 Å². The lowest BCUT2D eigenvalue weighted by molar-refractivity contribution is -0.131. The maximum Gasteiger partial charge on any atom is 0.238 e. The van der Waals surface area contributed by atoms with Crippen molar-refractivity contribution in [2.75, 3.05) is 18.8 Å². The minimum Gasteiger partial charge on any atom is -0.398 e. The monoisotopic (exact) mass is 298 g/mol. The SMILES string of the molecule is CC(C(=O)N1CCCCC1)S(=O)c1cc(F)ccc1N. The molecular weight excluding hydrogens is 279 g/mol. The normalized spacial score (nSPS) is 18.6. The zero-order valence-electron chi connectivity index (χ0n) is 11.5. The van der Waals surface area contributed by atoms with Crippen LogP contribution in [0.15, 0.2) is 23.1 Å². The molecule has 0 aliphatic carbocycles. The number of carbonyl (C=O) groups is 1. The second-order valence-corrected chi connectivity index (χ2v) is 6.75. The highest BCUT2D eigenvalue weighted by molar-refractivity contribution is 7.86. The van der Waals surface area contributed by atoms with Crippen LogP contribution in [-0.4, -0.2) is 33.4 Å². The van der Waals surface area contributed by atoms with Crippen molar-refractivity contribution in [3.63, 3.8) is 0 Å². The Kier molecular flexibility index (Phi) is 4.75. The van der Waals surface area contributed by atoms with Crippen molar-refractivity contribution >= 4 is 22.4 Å². The number of likely N-dealkylation sites (tertiary alicyclic amines) is 1. The summed E-state index contributed by atoms with van der Waals surface area (Å²) in [6.07, 6.45) is 3.08. The van der Waals surface area contributed by atoms with E-state index in [1.807, 2.05) is 0 Å². The fraction of sp³-hybridized carbons (Fsp3) is 0.500. The summed E-state index contributed by atoms with van der Waals surface area (Å²) in [7, 11) is -1.64. The molecule has 1 aliphatic heterocycles. The third-order valence-corrected chi connectivity index (χ3v) is 5.16. The smallest absolute Gasteiger partial charge is 0.238 e. The predicted octanol–water partition coefficient (Wildman–Crippen LogP) is 1.92. The Labute approximate surface area is 120 Å². The lowest BCUT2D eigenvalue weighted by Gasteiger charge is -2.29. The largest absolute Gasteiger partial charge is 0.398 e. The van der Waals surface area contributed by atoms with Crippen molar-refractivity contribution in [2.45, 2.75) is 36.3 Å². The van der Waals surface area contributed by atoms with Crippen molar-refractivity contribution < 1.29 is 13.4 Å². The molecule has 1 amide bonds. The second-order valence-electron chi connectivity index (χ2n) is 5.01. The van der Waals surface area contributed by atoms with Crippen LogP contribution in [0.3, 0.4) is 0 Å². The minimum atomic E-state index is -1.64. The molecule has 0 radical (unpaired) electrons. The van der Waals surface area contributed by atoms with E-state index in [9.17, 15) is 13.4 Å². The molecule has 1 fully saturated rings. The molecule has 2 rings (SSSR count). The van der Waals surface area contributed by atoms with Gasteiger partial charge in [-0.25, -0.2) is 4.39 Å². The molecule has 1 heterocycles. The molecule has 0 saturated carbocycles. The van der Waals surface area contributed by atoms with E-state index in [1.54, 1.807) is 11.8 Å². The van der Waals surface area contributed by atoms with Crippen molar-refractivity contribution in [1.82, 2.24) is 4.90 Å². The number of amides is 1. The molecule has 0 aromatic heterocycles. The molecule has 0 spiro atoms. The van der Waals surface area contributed by atoms with Gasteiger partial charge >= 0.3 is 0 Å². The lowest BCUT2D eigenvalue weighted by atomic mass is 10.1. The van der Waals surface area contributed by atoms with E-state index < -0.39 is 21.9 Å². The third kappa shape index (κ3) is 3.17. The number of nitrogens with zero attached hydrogens (tertiary/aromatic N) is 1. The standard InChI is InChI=1S/C14H19FN2O2S/c1-10(14(18)17-7-3-2-4-8-17)20(19)13-9-11(15)5-6-12(13)16/h5-6,9-10H,2-4,7-8,16H2,1H3. The van der Waals surface area contributed by atoms with E-state index >= 15 is 0 Å². The van der Waals surface area contributed by atoms with Crippen LogP contribution in [-0.2, 0) is 15.6 Å². The van der Waals surface area contributed by atoms with Gasteiger partial charge in [0.25, 0.3) is 0 Å². The Hall–Kier alpha value is -1.43. The van der Waals surface area contributed by atoms with E-state index in [0.717, 1.165) is 25.3 Å².